The Labute approximate surface area is 124 Å². The summed E-state index contributed by atoms with van der Waals surface area (Å²) < 4.78 is 5.26. The molecule has 0 saturated heterocycles. The molecular formula is C17H20N2O2. The Balaban J connectivity index is 1.71. The second-order valence-electron chi connectivity index (χ2n) is 6.77. The van der Waals surface area contributed by atoms with E-state index in [0.717, 1.165) is 18.7 Å². The van der Waals surface area contributed by atoms with Gasteiger partial charge in [0.2, 0.25) is 5.89 Å². The third-order valence-corrected chi connectivity index (χ3v) is 4.05. The summed E-state index contributed by atoms with van der Waals surface area (Å²) in [5.41, 5.74) is 2.34. The molecule has 4 heteroatoms. The molecule has 0 saturated carbocycles. The van der Waals surface area contributed by atoms with Crippen molar-refractivity contribution < 1.29 is 9.32 Å². The lowest BCUT2D eigenvalue weighted by molar-refractivity contribution is -0.125. The lowest BCUT2D eigenvalue weighted by Gasteiger charge is -2.14. The summed E-state index contributed by atoms with van der Waals surface area (Å²) in [5.74, 6) is 1.54. The maximum Gasteiger partial charge on any atom is 0.234 e. The number of aromatic nitrogens is 2. The lowest BCUT2D eigenvalue weighted by atomic mass is 9.89. The van der Waals surface area contributed by atoms with Gasteiger partial charge >= 0.3 is 0 Å². The van der Waals surface area contributed by atoms with Crippen LogP contribution in [0.25, 0.3) is 0 Å². The summed E-state index contributed by atoms with van der Waals surface area (Å²) in [5, 5.41) is 4.08. The van der Waals surface area contributed by atoms with Crippen LogP contribution >= 0.6 is 0 Å². The molecule has 0 N–H and O–H groups in total. The van der Waals surface area contributed by atoms with Crippen molar-refractivity contribution in [2.24, 2.45) is 5.41 Å². The largest absolute Gasteiger partial charge is 0.339 e. The molecule has 2 aromatic rings. The normalized spacial score (nSPS) is 15.2. The molecule has 1 aromatic carbocycles. The Hall–Kier alpha value is -1.97. The summed E-state index contributed by atoms with van der Waals surface area (Å²) in [6.45, 7) is 5.71. The zero-order chi connectivity index (χ0) is 15.0. The van der Waals surface area contributed by atoms with Crippen LogP contribution in [0.4, 0.5) is 0 Å². The van der Waals surface area contributed by atoms with Gasteiger partial charge in [-0.2, -0.15) is 4.98 Å². The molecule has 0 bridgehead atoms. The van der Waals surface area contributed by atoms with Gasteiger partial charge in [0, 0.05) is 11.3 Å². The van der Waals surface area contributed by atoms with E-state index < -0.39 is 0 Å². The first-order chi connectivity index (χ1) is 9.93. The van der Waals surface area contributed by atoms with Crippen molar-refractivity contribution in [3.63, 3.8) is 0 Å². The van der Waals surface area contributed by atoms with Gasteiger partial charge in [0.05, 0.1) is 6.42 Å². The first-order valence-corrected chi connectivity index (χ1v) is 7.36. The van der Waals surface area contributed by atoms with Crippen LogP contribution in [0, 0.1) is 5.41 Å². The zero-order valence-electron chi connectivity index (χ0n) is 12.7. The maximum absolute atomic E-state index is 12.0. The Morgan fingerprint density at radius 1 is 1.24 bits per heavy atom. The molecule has 0 atom stereocenters. The second-order valence-corrected chi connectivity index (χ2v) is 6.77. The standard InChI is InChI=1S/C17H20N2O2/c1-17(2,3)14(20)10-15-18-16(19-21-15)13-8-11-6-4-5-7-12(11)9-13/h4-7,13H,8-10H2,1-3H3. The van der Waals surface area contributed by atoms with Crippen molar-refractivity contribution in [2.75, 3.05) is 0 Å². The first-order valence-electron chi connectivity index (χ1n) is 7.36. The number of rotatable bonds is 3. The van der Waals surface area contributed by atoms with Crippen LogP contribution in [0.3, 0.4) is 0 Å². The number of carbonyl (C=O) groups is 1. The Kier molecular flexibility index (Phi) is 3.40. The summed E-state index contributed by atoms with van der Waals surface area (Å²) in [4.78, 5) is 16.4. The van der Waals surface area contributed by atoms with Crippen molar-refractivity contribution in [2.45, 2.75) is 46.0 Å². The number of Topliss-reactive ketones (excluding diaryl/α,β-unsaturated/α-hetero) is 1. The monoisotopic (exact) mass is 284 g/mol. The minimum atomic E-state index is -0.377. The molecule has 0 amide bonds. The highest BCUT2D eigenvalue weighted by Crippen LogP contribution is 2.32. The molecule has 1 aliphatic carbocycles. The van der Waals surface area contributed by atoms with Crippen LogP contribution in [-0.2, 0) is 24.1 Å². The molecule has 21 heavy (non-hydrogen) atoms. The van der Waals surface area contributed by atoms with Crippen LogP contribution in [0.5, 0.6) is 0 Å². The molecule has 1 heterocycles. The van der Waals surface area contributed by atoms with Gasteiger partial charge in [-0.25, -0.2) is 0 Å². The fourth-order valence-corrected chi connectivity index (χ4v) is 2.65. The van der Waals surface area contributed by atoms with Gasteiger partial charge in [0.15, 0.2) is 5.82 Å². The number of benzene rings is 1. The molecule has 1 aliphatic rings. The van der Waals surface area contributed by atoms with E-state index in [1.165, 1.54) is 11.1 Å². The van der Waals surface area contributed by atoms with E-state index in [9.17, 15) is 4.79 Å². The molecule has 0 spiro atoms. The van der Waals surface area contributed by atoms with Crippen molar-refractivity contribution in [1.29, 1.82) is 0 Å². The predicted molar refractivity (Wildman–Crippen MR) is 79.1 cm³/mol. The number of fused-ring (bicyclic) bond motifs is 1. The topological polar surface area (TPSA) is 56.0 Å². The van der Waals surface area contributed by atoms with E-state index >= 15 is 0 Å². The fraction of sp³-hybridized carbons (Fsp3) is 0.471. The smallest absolute Gasteiger partial charge is 0.234 e. The summed E-state index contributed by atoms with van der Waals surface area (Å²) >= 11 is 0. The van der Waals surface area contributed by atoms with E-state index in [-0.39, 0.29) is 23.5 Å². The van der Waals surface area contributed by atoms with Crippen LogP contribution < -0.4 is 0 Å². The summed E-state index contributed by atoms with van der Waals surface area (Å²) in [6.07, 6.45) is 2.11. The molecule has 4 nitrogen and oxygen atoms in total. The first kappa shape index (κ1) is 14.0. The highest BCUT2D eigenvalue weighted by molar-refractivity contribution is 5.84. The van der Waals surface area contributed by atoms with E-state index in [4.69, 9.17) is 4.52 Å². The molecule has 3 rings (SSSR count). The van der Waals surface area contributed by atoms with Crippen LogP contribution in [0.15, 0.2) is 28.8 Å². The van der Waals surface area contributed by atoms with Crippen LogP contribution in [0.2, 0.25) is 0 Å². The van der Waals surface area contributed by atoms with Crippen LogP contribution in [-0.4, -0.2) is 15.9 Å². The number of nitrogens with zero attached hydrogens (tertiary/aromatic N) is 2. The van der Waals surface area contributed by atoms with Gasteiger partial charge in [-0.3, -0.25) is 4.79 Å². The highest BCUT2D eigenvalue weighted by Gasteiger charge is 2.28. The van der Waals surface area contributed by atoms with E-state index in [2.05, 4.69) is 34.4 Å². The number of hydrogen-bond acceptors (Lipinski definition) is 4. The summed E-state index contributed by atoms with van der Waals surface area (Å²) in [6, 6.07) is 8.43. The Morgan fingerprint density at radius 3 is 2.43 bits per heavy atom. The van der Waals surface area contributed by atoms with E-state index in [0.29, 0.717) is 5.89 Å². The third-order valence-electron chi connectivity index (χ3n) is 4.05. The minimum absolute atomic E-state index is 0.118. The minimum Gasteiger partial charge on any atom is -0.339 e. The van der Waals surface area contributed by atoms with Gasteiger partial charge in [-0.05, 0) is 24.0 Å². The molecular weight excluding hydrogens is 264 g/mol. The molecule has 110 valence electrons. The zero-order valence-corrected chi connectivity index (χ0v) is 12.7. The van der Waals surface area contributed by atoms with E-state index in [1.54, 1.807) is 0 Å². The average molecular weight is 284 g/mol. The van der Waals surface area contributed by atoms with Crippen molar-refractivity contribution in [3.8, 4) is 0 Å². The quantitative estimate of drug-likeness (QED) is 0.869. The average Bonchev–Trinajstić information content (AvgIpc) is 3.02. The number of hydrogen-bond donors (Lipinski definition) is 0. The molecule has 1 aromatic heterocycles. The maximum atomic E-state index is 12.0. The summed E-state index contributed by atoms with van der Waals surface area (Å²) in [7, 11) is 0. The highest BCUT2D eigenvalue weighted by atomic mass is 16.5. The number of carbonyl (C=O) groups excluding carboxylic acids is 1. The van der Waals surface area contributed by atoms with Gasteiger partial charge in [0.25, 0.3) is 0 Å². The SMILES string of the molecule is CC(C)(C)C(=O)Cc1nc(C2Cc3ccccc3C2)no1. The second kappa shape index (κ2) is 5.10. The van der Waals surface area contributed by atoms with Gasteiger partial charge in [-0.15, -0.1) is 0 Å². The van der Waals surface area contributed by atoms with E-state index in [1.807, 2.05) is 20.8 Å². The molecule has 0 radical (unpaired) electrons. The fourth-order valence-electron chi connectivity index (χ4n) is 2.65. The molecule has 0 unspecified atom stereocenters. The number of ketones is 1. The molecule has 0 fully saturated rings. The lowest BCUT2D eigenvalue weighted by Crippen LogP contribution is -2.22. The molecule has 0 aliphatic heterocycles. The van der Waals surface area contributed by atoms with Gasteiger partial charge < -0.3 is 4.52 Å². The predicted octanol–water partition coefficient (Wildman–Crippen LogP) is 3.11. The third kappa shape index (κ3) is 2.89. The van der Waals surface area contributed by atoms with Crippen molar-refractivity contribution in [1.82, 2.24) is 10.1 Å². The van der Waals surface area contributed by atoms with Gasteiger partial charge in [0.1, 0.15) is 5.78 Å². The Morgan fingerprint density at radius 2 is 1.86 bits per heavy atom. The van der Waals surface area contributed by atoms with Crippen LogP contribution in [0.1, 0.15) is 49.5 Å². The van der Waals surface area contributed by atoms with Gasteiger partial charge in [-0.1, -0.05) is 50.2 Å². The van der Waals surface area contributed by atoms with Crippen molar-refractivity contribution in [3.05, 3.63) is 47.1 Å². The Bertz CT molecular complexity index is 642. The van der Waals surface area contributed by atoms with Crippen molar-refractivity contribution >= 4 is 5.78 Å².